The Bertz CT molecular complexity index is 724. The molecular formula is C18H21FN4O3. The Hall–Kier alpha value is -2.77. The largest absolute Gasteiger partial charge is 0.339 e. The van der Waals surface area contributed by atoms with Crippen molar-refractivity contribution in [2.75, 3.05) is 26.2 Å². The number of nitrogens with zero attached hydrogens (tertiary/aromatic N) is 3. The molecule has 1 saturated heterocycles. The van der Waals surface area contributed by atoms with Crippen LogP contribution in [0.3, 0.4) is 0 Å². The molecule has 8 heteroatoms. The fourth-order valence-electron chi connectivity index (χ4n) is 3.03. The topological polar surface area (TPSA) is 82.1 Å². The lowest BCUT2D eigenvalue weighted by Gasteiger charge is -2.35. The number of hydrogen-bond acceptors (Lipinski definition) is 4. The summed E-state index contributed by atoms with van der Waals surface area (Å²) in [7, 11) is 0. The molecule has 3 amide bonds. The summed E-state index contributed by atoms with van der Waals surface area (Å²) in [5.74, 6) is -0.617. The van der Waals surface area contributed by atoms with E-state index in [1.807, 2.05) is 0 Å². The van der Waals surface area contributed by atoms with Gasteiger partial charge in [-0.15, -0.1) is 0 Å². The van der Waals surface area contributed by atoms with Gasteiger partial charge in [0.05, 0.1) is 0 Å². The molecule has 0 atom stereocenters. The third kappa shape index (κ3) is 4.44. The lowest BCUT2D eigenvalue weighted by atomic mass is 10.1. The normalized spacial score (nSPS) is 17.6. The summed E-state index contributed by atoms with van der Waals surface area (Å²) in [6.45, 7) is 1.86. The van der Waals surface area contributed by atoms with Gasteiger partial charge >= 0.3 is 0 Å². The van der Waals surface area contributed by atoms with Gasteiger partial charge in [-0.3, -0.25) is 14.4 Å². The smallest absolute Gasteiger partial charge is 0.270 e. The second kappa shape index (κ2) is 8.07. The van der Waals surface area contributed by atoms with Crippen LogP contribution in [-0.4, -0.2) is 59.4 Å². The molecule has 138 valence electrons. The number of benzene rings is 1. The summed E-state index contributed by atoms with van der Waals surface area (Å²) in [4.78, 5) is 39.2. The number of piperazine rings is 1. The Labute approximate surface area is 150 Å². The fraction of sp³-hybridized carbons (Fsp3) is 0.444. The number of halogens is 1. The van der Waals surface area contributed by atoms with Gasteiger partial charge in [0.25, 0.3) is 5.91 Å². The van der Waals surface area contributed by atoms with Gasteiger partial charge in [-0.1, -0.05) is 12.1 Å². The van der Waals surface area contributed by atoms with Gasteiger partial charge in [0.1, 0.15) is 11.5 Å². The third-order valence-electron chi connectivity index (χ3n) is 4.61. The molecule has 0 aliphatic carbocycles. The summed E-state index contributed by atoms with van der Waals surface area (Å²) in [5.41, 5.74) is 3.61. The van der Waals surface area contributed by atoms with Crippen LogP contribution < -0.4 is 5.43 Å². The maximum atomic E-state index is 12.9. The molecule has 0 saturated carbocycles. The van der Waals surface area contributed by atoms with Gasteiger partial charge in [-0.05, 0) is 24.1 Å². The molecule has 0 spiro atoms. The van der Waals surface area contributed by atoms with Gasteiger partial charge < -0.3 is 9.80 Å². The van der Waals surface area contributed by atoms with Crippen molar-refractivity contribution in [1.29, 1.82) is 0 Å². The molecule has 26 heavy (non-hydrogen) atoms. The summed E-state index contributed by atoms with van der Waals surface area (Å²) < 4.78 is 12.9. The standard InChI is InChI=1S/C18H21FN4O3/c19-14-4-1-13(2-5-14)3-8-17(25)22-9-11-23(12-10-22)18(26)15-6-7-16(24)21-20-15/h1-2,4-5H,3,6-12H2,(H,21,24). The number of rotatable bonds is 4. The molecule has 0 aromatic heterocycles. The SMILES string of the molecule is O=C1CCC(C(=O)N2CCN(C(=O)CCc3ccc(F)cc3)CC2)=NN1. The Balaban J connectivity index is 1.45. The first-order valence-electron chi connectivity index (χ1n) is 8.70. The average molecular weight is 360 g/mol. The zero-order valence-corrected chi connectivity index (χ0v) is 14.4. The predicted molar refractivity (Wildman–Crippen MR) is 92.7 cm³/mol. The molecule has 0 radical (unpaired) electrons. The van der Waals surface area contributed by atoms with E-state index in [1.165, 1.54) is 12.1 Å². The number of amides is 3. The second-order valence-corrected chi connectivity index (χ2v) is 6.39. The maximum Gasteiger partial charge on any atom is 0.270 e. The summed E-state index contributed by atoms with van der Waals surface area (Å²) in [6, 6.07) is 6.15. The number of carbonyl (C=O) groups excluding carboxylic acids is 3. The highest BCUT2D eigenvalue weighted by atomic mass is 19.1. The van der Waals surface area contributed by atoms with Crippen molar-refractivity contribution in [3.05, 3.63) is 35.6 Å². The number of aryl methyl sites for hydroxylation is 1. The van der Waals surface area contributed by atoms with Crippen molar-refractivity contribution < 1.29 is 18.8 Å². The van der Waals surface area contributed by atoms with Crippen molar-refractivity contribution in [2.24, 2.45) is 5.10 Å². The number of hydrogen-bond donors (Lipinski definition) is 1. The fourth-order valence-corrected chi connectivity index (χ4v) is 3.03. The van der Waals surface area contributed by atoms with Crippen LogP contribution in [0.1, 0.15) is 24.8 Å². The predicted octanol–water partition coefficient (Wildman–Crippen LogP) is 0.695. The molecule has 7 nitrogen and oxygen atoms in total. The number of hydrazone groups is 1. The molecule has 1 aromatic rings. The molecule has 2 heterocycles. The van der Waals surface area contributed by atoms with Gasteiger partial charge in [0.15, 0.2) is 0 Å². The Morgan fingerprint density at radius 1 is 1.04 bits per heavy atom. The lowest BCUT2D eigenvalue weighted by Crippen LogP contribution is -2.52. The van der Waals surface area contributed by atoms with Crippen molar-refractivity contribution in [2.45, 2.75) is 25.7 Å². The maximum absolute atomic E-state index is 12.9. The van der Waals surface area contributed by atoms with Crippen molar-refractivity contribution in [3.63, 3.8) is 0 Å². The first-order chi connectivity index (χ1) is 12.5. The highest BCUT2D eigenvalue weighted by Crippen LogP contribution is 2.11. The third-order valence-corrected chi connectivity index (χ3v) is 4.61. The van der Waals surface area contributed by atoms with E-state index in [9.17, 15) is 18.8 Å². The number of nitrogens with one attached hydrogen (secondary N) is 1. The molecule has 1 fully saturated rings. The summed E-state index contributed by atoms with van der Waals surface area (Å²) in [5, 5.41) is 3.83. The molecule has 2 aliphatic heterocycles. The minimum atomic E-state index is -0.289. The minimum absolute atomic E-state index is 0.0312. The van der Waals surface area contributed by atoms with Crippen LogP contribution in [0.4, 0.5) is 4.39 Å². The lowest BCUT2D eigenvalue weighted by molar-refractivity contribution is -0.136. The first-order valence-corrected chi connectivity index (χ1v) is 8.70. The van der Waals surface area contributed by atoms with Crippen molar-refractivity contribution >= 4 is 23.4 Å². The van der Waals surface area contributed by atoms with Gasteiger partial charge in [0.2, 0.25) is 11.8 Å². The van der Waals surface area contributed by atoms with E-state index in [0.29, 0.717) is 51.2 Å². The van der Waals surface area contributed by atoms with Gasteiger partial charge in [0, 0.05) is 45.4 Å². The Morgan fingerprint density at radius 3 is 2.31 bits per heavy atom. The van der Waals surface area contributed by atoms with E-state index in [-0.39, 0.29) is 30.0 Å². The molecule has 0 bridgehead atoms. The molecule has 2 aliphatic rings. The minimum Gasteiger partial charge on any atom is -0.339 e. The van der Waals surface area contributed by atoms with Crippen LogP contribution in [0.25, 0.3) is 0 Å². The molecule has 3 rings (SSSR count). The Kier molecular flexibility index (Phi) is 5.60. The van der Waals surface area contributed by atoms with Crippen molar-refractivity contribution in [1.82, 2.24) is 15.2 Å². The zero-order valence-electron chi connectivity index (χ0n) is 14.4. The quantitative estimate of drug-likeness (QED) is 0.858. The van der Waals surface area contributed by atoms with Crippen LogP contribution in [-0.2, 0) is 20.8 Å². The number of carbonyl (C=O) groups is 3. The highest BCUT2D eigenvalue weighted by Gasteiger charge is 2.28. The van der Waals surface area contributed by atoms with E-state index in [1.54, 1.807) is 21.9 Å². The van der Waals surface area contributed by atoms with E-state index in [2.05, 4.69) is 10.5 Å². The van der Waals surface area contributed by atoms with Crippen LogP contribution in [0.2, 0.25) is 0 Å². The first kappa shape index (κ1) is 18.0. The van der Waals surface area contributed by atoms with E-state index in [0.717, 1.165) is 5.56 Å². The zero-order chi connectivity index (χ0) is 18.5. The second-order valence-electron chi connectivity index (χ2n) is 6.39. The van der Waals surface area contributed by atoms with E-state index >= 15 is 0 Å². The van der Waals surface area contributed by atoms with Crippen LogP contribution in [0, 0.1) is 5.82 Å². The van der Waals surface area contributed by atoms with Crippen LogP contribution in [0.15, 0.2) is 29.4 Å². The van der Waals surface area contributed by atoms with Crippen LogP contribution in [0.5, 0.6) is 0 Å². The molecule has 1 aromatic carbocycles. The monoisotopic (exact) mass is 360 g/mol. The van der Waals surface area contributed by atoms with Gasteiger partial charge in [-0.25, -0.2) is 9.82 Å². The molecule has 0 unspecified atom stereocenters. The molecule has 1 N–H and O–H groups in total. The van der Waals surface area contributed by atoms with E-state index < -0.39 is 0 Å². The average Bonchev–Trinajstić information content (AvgIpc) is 2.67. The van der Waals surface area contributed by atoms with Gasteiger partial charge in [-0.2, -0.15) is 5.10 Å². The Morgan fingerprint density at radius 2 is 1.69 bits per heavy atom. The summed E-state index contributed by atoms with van der Waals surface area (Å²) in [6.07, 6.45) is 1.54. The summed E-state index contributed by atoms with van der Waals surface area (Å²) >= 11 is 0. The molecular weight excluding hydrogens is 339 g/mol. The highest BCUT2D eigenvalue weighted by molar-refractivity contribution is 6.39. The van der Waals surface area contributed by atoms with Crippen molar-refractivity contribution in [3.8, 4) is 0 Å². The van der Waals surface area contributed by atoms with Crippen LogP contribution >= 0.6 is 0 Å². The van der Waals surface area contributed by atoms with E-state index in [4.69, 9.17) is 0 Å².